The minimum Gasteiger partial charge on any atom is -0.647 e. The molecule has 0 atom stereocenters. The molecular formula is C15H25AlO. The van der Waals surface area contributed by atoms with E-state index in [9.17, 15) is 0 Å². The lowest BCUT2D eigenvalue weighted by Gasteiger charge is -2.30. The van der Waals surface area contributed by atoms with Gasteiger partial charge in [-0.05, 0) is 28.9 Å². The van der Waals surface area contributed by atoms with Gasteiger partial charge in [-0.3, -0.25) is 0 Å². The Bertz CT molecular complexity index is 373. The van der Waals surface area contributed by atoms with Crippen LogP contribution in [0.2, 0.25) is 0 Å². The van der Waals surface area contributed by atoms with E-state index in [1.807, 2.05) is 0 Å². The van der Waals surface area contributed by atoms with E-state index in [0.717, 1.165) is 22.4 Å². The molecule has 0 aliphatic heterocycles. The van der Waals surface area contributed by atoms with Crippen LogP contribution in [-0.2, 0) is 10.8 Å². The maximum atomic E-state index is 5.82. The number of rotatable bonds is 1. The van der Waals surface area contributed by atoms with E-state index in [1.165, 1.54) is 16.7 Å². The Morgan fingerprint density at radius 2 is 1.24 bits per heavy atom. The van der Waals surface area contributed by atoms with Crippen LogP contribution in [-0.4, -0.2) is 16.6 Å². The van der Waals surface area contributed by atoms with Gasteiger partial charge >= 0.3 is 16.6 Å². The summed E-state index contributed by atoms with van der Waals surface area (Å²) in [6.07, 6.45) is 0. The SMILES string of the molecule is Cc1cc(C(C)(C)C)c([O][AlH2])c(C(C)(C)C)c1. The first kappa shape index (κ1) is 14.6. The van der Waals surface area contributed by atoms with E-state index in [4.69, 9.17) is 3.79 Å². The van der Waals surface area contributed by atoms with Crippen molar-refractivity contribution in [1.29, 1.82) is 0 Å². The molecule has 1 aromatic rings. The highest BCUT2D eigenvalue weighted by atomic mass is 27.1. The molecule has 0 unspecified atom stereocenters. The van der Waals surface area contributed by atoms with Crippen LogP contribution in [0.4, 0.5) is 0 Å². The third-order valence-electron chi connectivity index (χ3n) is 3.05. The zero-order chi connectivity index (χ0) is 13.4. The number of hydrogen-bond donors (Lipinski definition) is 0. The van der Waals surface area contributed by atoms with E-state index in [2.05, 4.69) is 60.6 Å². The summed E-state index contributed by atoms with van der Waals surface area (Å²) in [4.78, 5) is 0. The Balaban J connectivity index is 3.58. The van der Waals surface area contributed by atoms with E-state index in [0.29, 0.717) is 0 Å². The molecule has 0 heterocycles. The number of benzene rings is 1. The maximum absolute atomic E-state index is 5.82. The van der Waals surface area contributed by atoms with Gasteiger partial charge in [-0.1, -0.05) is 59.2 Å². The van der Waals surface area contributed by atoms with Gasteiger partial charge in [0.2, 0.25) is 0 Å². The highest BCUT2D eigenvalue weighted by Gasteiger charge is 2.25. The molecule has 0 aliphatic rings. The second-order valence-corrected chi connectivity index (χ2v) is 7.30. The summed E-state index contributed by atoms with van der Waals surface area (Å²) in [7, 11) is 0. The van der Waals surface area contributed by atoms with Gasteiger partial charge in [-0.15, -0.1) is 0 Å². The van der Waals surface area contributed by atoms with Gasteiger partial charge in [-0.25, -0.2) is 0 Å². The van der Waals surface area contributed by atoms with E-state index >= 15 is 0 Å². The lowest BCUT2D eigenvalue weighted by atomic mass is 9.78. The molecule has 1 rings (SSSR count). The second kappa shape index (κ2) is 4.67. The fourth-order valence-corrected chi connectivity index (χ4v) is 2.55. The summed E-state index contributed by atoms with van der Waals surface area (Å²) in [5.74, 6) is 1.11. The summed E-state index contributed by atoms with van der Waals surface area (Å²) in [6, 6.07) is 4.53. The smallest absolute Gasteiger partial charge is 0.496 e. The molecule has 0 spiro atoms. The molecular weight excluding hydrogens is 223 g/mol. The van der Waals surface area contributed by atoms with Crippen LogP contribution in [0.3, 0.4) is 0 Å². The Morgan fingerprint density at radius 3 is 1.47 bits per heavy atom. The molecule has 0 bridgehead atoms. The van der Waals surface area contributed by atoms with Crippen molar-refractivity contribution in [2.24, 2.45) is 0 Å². The number of hydrogen-bond acceptors (Lipinski definition) is 1. The minimum atomic E-state index is 0.131. The first-order chi connectivity index (χ1) is 7.57. The summed E-state index contributed by atoms with van der Waals surface area (Å²) < 4.78 is 5.82. The zero-order valence-corrected chi connectivity index (χ0v) is 14.6. The van der Waals surface area contributed by atoms with Gasteiger partial charge in [0.25, 0.3) is 0 Å². The first-order valence-corrected chi connectivity index (χ1v) is 7.08. The molecule has 17 heavy (non-hydrogen) atoms. The first-order valence-electron chi connectivity index (χ1n) is 6.27. The average molecular weight is 248 g/mol. The second-order valence-electron chi connectivity index (χ2n) is 6.89. The van der Waals surface area contributed by atoms with Gasteiger partial charge in [0.15, 0.2) is 0 Å². The average Bonchev–Trinajstić information content (AvgIpc) is 2.13. The molecule has 1 nitrogen and oxygen atoms in total. The predicted molar refractivity (Wildman–Crippen MR) is 77.8 cm³/mol. The molecule has 0 fully saturated rings. The Hall–Kier alpha value is -0.448. The van der Waals surface area contributed by atoms with E-state index < -0.39 is 0 Å². The highest BCUT2D eigenvalue weighted by molar-refractivity contribution is 6.00. The normalized spacial score (nSPS) is 12.6. The fourth-order valence-electron chi connectivity index (χ4n) is 2.11. The summed E-state index contributed by atoms with van der Waals surface area (Å²) in [5, 5.41) is 0. The third kappa shape index (κ3) is 3.27. The van der Waals surface area contributed by atoms with Gasteiger partial charge in [-0.2, -0.15) is 0 Å². The predicted octanol–water partition coefficient (Wildman–Crippen LogP) is 3.52. The number of aryl methyl sites for hydroxylation is 1. The van der Waals surface area contributed by atoms with Gasteiger partial charge < -0.3 is 3.79 Å². The van der Waals surface area contributed by atoms with Gasteiger partial charge in [0.1, 0.15) is 0 Å². The minimum absolute atomic E-state index is 0.131. The van der Waals surface area contributed by atoms with Crippen LogP contribution in [0.5, 0.6) is 5.75 Å². The Labute approximate surface area is 114 Å². The fraction of sp³-hybridized carbons (Fsp3) is 0.600. The maximum Gasteiger partial charge on any atom is 0.496 e. The van der Waals surface area contributed by atoms with Crippen molar-refractivity contribution in [2.75, 3.05) is 0 Å². The molecule has 0 aliphatic carbocycles. The molecule has 0 saturated carbocycles. The Morgan fingerprint density at radius 1 is 0.882 bits per heavy atom. The highest BCUT2D eigenvalue weighted by Crippen LogP contribution is 2.40. The van der Waals surface area contributed by atoms with E-state index in [-0.39, 0.29) is 10.8 Å². The van der Waals surface area contributed by atoms with Gasteiger partial charge in [0, 0.05) is 0 Å². The van der Waals surface area contributed by atoms with E-state index in [1.54, 1.807) is 0 Å². The molecule has 0 saturated heterocycles. The monoisotopic (exact) mass is 248 g/mol. The largest absolute Gasteiger partial charge is 0.647 e. The van der Waals surface area contributed by atoms with Crippen LogP contribution in [0.25, 0.3) is 0 Å². The standard InChI is InChI=1S/C15H24O.Al.2H/c1-10-8-11(14(2,3)4)13(16)12(9-10)15(5,6)7;;;/h8-9,16H,1-7H3;;;/q;+1;;/p-1. The van der Waals surface area contributed by atoms with Crippen LogP contribution in [0.1, 0.15) is 58.2 Å². The zero-order valence-electron chi connectivity index (χ0n) is 12.6. The van der Waals surface area contributed by atoms with Crippen LogP contribution in [0, 0.1) is 6.92 Å². The van der Waals surface area contributed by atoms with Crippen LogP contribution >= 0.6 is 0 Å². The van der Waals surface area contributed by atoms with Crippen LogP contribution < -0.4 is 3.79 Å². The van der Waals surface area contributed by atoms with Crippen LogP contribution in [0.15, 0.2) is 12.1 Å². The lowest BCUT2D eigenvalue weighted by molar-refractivity contribution is 0.500. The van der Waals surface area contributed by atoms with Gasteiger partial charge in [0.05, 0.1) is 5.75 Å². The van der Waals surface area contributed by atoms with Crippen molar-refractivity contribution in [2.45, 2.75) is 59.3 Å². The van der Waals surface area contributed by atoms with Crippen molar-refractivity contribution >= 4 is 16.6 Å². The molecule has 0 amide bonds. The summed E-state index contributed by atoms with van der Waals surface area (Å²) in [5.41, 5.74) is 4.24. The molecule has 2 heteroatoms. The quantitative estimate of drug-likeness (QED) is 0.691. The Kier molecular flexibility index (Phi) is 4.02. The molecule has 94 valence electrons. The molecule has 0 N–H and O–H groups in total. The van der Waals surface area contributed by atoms with Crippen molar-refractivity contribution in [1.82, 2.24) is 0 Å². The lowest BCUT2D eigenvalue weighted by Crippen LogP contribution is -2.19. The van der Waals surface area contributed by atoms with Crippen molar-refractivity contribution in [3.05, 3.63) is 28.8 Å². The van der Waals surface area contributed by atoms with Crippen molar-refractivity contribution in [3.63, 3.8) is 0 Å². The van der Waals surface area contributed by atoms with Crippen molar-refractivity contribution < 1.29 is 3.79 Å². The van der Waals surface area contributed by atoms with Crippen molar-refractivity contribution in [3.8, 4) is 5.75 Å². The summed E-state index contributed by atoms with van der Waals surface area (Å²) >= 11 is 0.739. The molecule has 0 radical (unpaired) electrons. The molecule has 1 aromatic carbocycles. The topological polar surface area (TPSA) is 9.23 Å². The third-order valence-corrected chi connectivity index (χ3v) is 3.46. The molecule has 0 aromatic heterocycles. The summed E-state index contributed by atoms with van der Waals surface area (Å²) in [6.45, 7) is 15.7.